The zero-order chi connectivity index (χ0) is 11.7. The van der Waals surface area contributed by atoms with Gasteiger partial charge in [0.05, 0.1) is 8.61 Å². The van der Waals surface area contributed by atoms with Crippen LogP contribution in [0.2, 0.25) is 0 Å². The summed E-state index contributed by atoms with van der Waals surface area (Å²) in [6.45, 7) is 2.19. The summed E-state index contributed by atoms with van der Waals surface area (Å²) >= 11 is 14.5. The molecule has 1 atom stereocenters. The minimum atomic E-state index is 0.311. The van der Waals surface area contributed by atoms with Gasteiger partial charge in [-0.3, -0.25) is 0 Å². The van der Waals surface area contributed by atoms with Crippen LogP contribution in [0.3, 0.4) is 0 Å². The molecule has 0 amide bonds. The third kappa shape index (κ3) is 2.80. The third-order valence-electron chi connectivity index (χ3n) is 2.19. The molecule has 0 saturated carbocycles. The molecule has 86 valence electrons. The average molecular weight is 445 g/mol. The zero-order valence-corrected chi connectivity index (χ0v) is 14.9. The minimum absolute atomic E-state index is 0.311. The molecule has 0 N–H and O–H groups in total. The number of aryl methyl sites for hydroxylation is 1. The van der Waals surface area contributed by atoms with E-state index in [0.717, 1.165) is 14.7 Å². The molecule has 0 nitrogen and oxygen atoms in total. The lowest BCUT2D eigenvalue weighted by Crippen LogP contribution is -1.83. The highest BCUT2D eigenvalue weighted by Gasteiger charge is 2.16. The van der Waals surface area contributed by atoms with Crippen molar-refractivity contribution in [1.82, 2.24) is 0 Å². The van der Waals surface area contributed by atoms with Gasteiger partial charge in [-0.15, -0.1) is 22.7 Å². The Labute approximate surface area is 128 Å². The van der Waals surface area contributed by atoms with Gasteiger partial charge in [0.2, 0.25) is 0 Å². The number of thiophene rings is 2. The lowest BCUT2D eigenvalue weighted by Gasteiger charge is -2.03. The normalized spacial score (nSPS) is 13.0. The Morgan fingerprint density at radius 3 is 2.44 bits per heavy atom. The first-order valence-electron chi connectivity index (χ1n) is 4.79. The maximum absolute atomic E-state index is 3.76. The van der Waals surface area contributed by atoms with Gasteiger partial charge in [-0.25, -0.2) is 0 Å². The van der Waals surface area contributed by atoms with E-state index in [9.17, 15) is 0 Å². The third-order valence-corrected chi connectivity index (χ3v) is 8.40. The van der Waals surface area contributed by atoms with Crippen molar-refractivity contribution < 1.29 is 0 Å². The van der Waals surface area contributed by atoms with E-state index in [1.54, 1.807) is 11.3 Å². The Hall–Kier alpha value is 0.840. The van der Waals surface area contributed by atoms with E-state index in [2.05, 4.69) is 72.9 Å². The van der Waals surface area contributed by atoms with Crippen molar-refractivity contribution in [2.24, 2.45) is 0 Å². The van der Waals surface area contributed by atoms with Crippen molar-refractivity contribution in [3.05, 3.63) is 41.1 Å². The predicted octanol–water partition coefficient (Wildman–Crippen LogP) is 6.38. The van der Waals surface area contributed by atoms with Gasteiger partial charge in [0, 0.05) is 19.1 Å². The maximum atomic E-state index is 3.76. The highest BCUT2D eigenvalue weighted by atomic mass is 79.9. The number of alkyl halides is 1. The molecular formula is C11H9Br3S2. The first-order chi connectivity index (χ1) is 7.61. The SMILES string of the molecule is CCc1ccc(C(Br)c2cc(Br)c(Br)s2)s1. The van der Waals surface area contributed by atoms with Gasteiger partial charge < -0.3 is 0 Å². The van der Waals surface area contributed by atoms with Gasteiger partial charge in [-0.1, -0.05) is 22.9 Å². The maximum Gasteiger partial charge on any atom is 0.0843 e. The van der Waals surface area contributed by atoms with E-state index in [1.807, 2.05) is 11.3 Å². The van der Waals surface area contributed by atoms with E-state index in [-0.39, 0.29) is 0 Å². The number of halogens is 3. The van der Waals surface area contributed by atoms with Crippen LogP contribution in [-0.4, -0.2) is 0 Å². The monoisotopic (exact) mass is 442 g/mol. The standard InChI is InChI=1S/C11H9Br3S2/c1-2-6-3-4-8(15-6)10(13)9-5-7(12)11(14)16-9/h3-5,10H,2H2,1H3. The summed E-state index contributed by atoms with van der Waals surface area (Å²) in [7, 11) is 0. The lowest BCUT2D eigenvalue weighted by molar-refractivity contribution is 1.19. The molecule has 0 aliphatic carbocycles. The van der Waals surface area contributed by atoms with Crippen LogP contribution in [-0.2, 0) is 6.42 Å². The first-order valence-corrected chi connectivity index (χ1v) is 8.92. The van der Waals surface area contributed by atoms with Gasteiger partial charge in [-0.2, -0.15) is 0 Å². The molecule has 2 rings (SSSR count). The molecule has 16 heavy (non-hydrogen) atoms. The lowest BCUT2D eigenvalue weighted by atomic mass is 10.3. The molecule has 0 spiro atoms. The fourth-order valence-corrected chi connectivity index (χ4v) is 5.31. The average Bonchev–Trinajstić information content (AvgIpc) is 2.86. The highest BCUT2D eigenvalue weighted by Crippen LogP contribution is 2.43. The largest absolute Gasteiger partial charge is 0.144 e. The fraction of sp³-hybridized carbons (Fsp3) is 0.273. The topological polar surface area (TPSA) is 0 Å². The van der Waals surface area contributed by atoms with Crippen molar-refractivity contribution in [1.29, 1.82) is 0 Å². The minimum Gasteiger partial charge on any atom is -0.144 e. The second-order valence-electron chi connectivity index (χ2n) is 3.29. The van der Waals surface area contributed by atoms with Crippen LogP contribution in [0.25, 0.3) is 0 Å². The molecule has 0 saturated heterocycles. The molecule has 0 aliphatic rings. The fourth-order valence-electron chi connectivity index (χ4n) is 1.35. The summed E-state index contributed by atoms with van der Waals surface area (Å²) in [5, 5.41) is 0. The summed E-state index contributed by atoms with van der Waals surface area (Å²) in [4.78, 5) is 4.45. The highest BCUT2D eigenvalue weighted by molar-refractivity contribution is 9.13. The molecule has 2 aromatic heterocycles. The molecule has 5 heteroatoms. The first kappa shape index (κ1) is 13.3. The Kier molecular flexibility index (Phi) is 4.69. The Bertz CT molecular complexity index is 468. The van der Waals surface area contributed by atoms with Crippen molar-refractivity contribution >= 4 is 70.5 Å². The summed E-state index contributed by atoms with van der Waals surface area (Å²) in [5.74, 6) is 0. The molecule has 2 aromatic rings. The summed E-state index contributed by atoms with van der Waals surface area (Å²) in [6, 6.07) is 6.59. The number of hydrogen-bond acceptors (Lipinski definition) is 2. The molecular weight excluding hydrogens is 436 g/mol. The van der Waals surface area contributed by atoms with E-state index in [4.69, 9.17) is 0 Å². The van der Waals surface area contributed by atoms with Crippen LogP contribution in [0.5, 0.6) is 0 Å². The Morgan fingerprint density at radius 1 is 1.19 bits per heavy atom. The number of hydrogen-bond donors (Lipinski definition) is 0. The molecule has 0 aromatic carbocycles. The molecule has 0 bridgehead atoms. The smallest absolute Gasteiger partial charge is 0.0843 e. The van der Waals surface area contributed by atoms with Crippen molar-refractivity contribution in [3.63, 3.8) is 0 Å². The van der Waals surface area contributed by atoms with Crippen LogP contribution >= 0.6 is 70.5 Å². The van der Waals surface area contributed by atoms with Crippen molar-refractivity contribution in [2.75, 3.05) is 0 Å². The van der Waals surface area contributed by atoms with Crippen molar-refractivity contribution in [3.8, 4) is 0 Å². The molecule has 0 fully saturated rings. The molecule has 0 radical (unpaired) electrons. The quantitative estimate of drug-likeness (QED) is 0.482. The van der Waals surface area contributed by atoms with Gasteiger partial charge in [0.15, 0.2) is 0 Å². The summed E-state index contributed by atoms with van der Waals surface area (Å²) in [5.41, 5.74) is 0. The van der Waals surface area contributed by atoms with Gasteiger partial charge in [0.1, 0.15) is 0 Å². The van der Waals surface area contributed by atoms with Crippen LogP contribution in [0, 0.1) is 0 Å². The second kappa shape index (κ2) is 5.65. The van der Waals surface area contributed by atoms with Crippen LogP contribution in [0.15, 0.2) is 26.5 Å². The van der Waals surface area contributed by atoms with E-state index in [1.165, 1.54) is 14.6 Å². The van der Waals surface area contributed by atoms with Gasteiger partial charge in [0.25, 0.3) is 0 Å². The van der Waals surface area contributed by atoms with E-state index < -0.39 is 0 Å². The molecule has 0 aliphatic heterocycles. The zero-order valence-electron chi connectivity index (χ0n) is 8.47. The van der Waals surface area contributed by atoms with Gasteiger partial charge >= 0.3 is 0 Å². The second-order valence-corrected chi connectivity index (χ2v) is 8.66. The van der Waals surface area contributed by atoms with Gasteiger partial charge in [-0.05, 0) is 56.5 Å². The Morgan fingerprint density at radius 2 is 1.94 bits per heavy atom. The molecule has 2 heterocycles. The van der Waals surface area contributed by atoms with Crippen LogP contribution in [0.4, 0.5) is 0 Å². The summed E-state index contributed by atoms with van der Waals surface area (Å²) in [6.07, 6.45) is 1.11. The Balaban J connectivity index is 2.27. The van der Waals surface area contributed by atoms with Crippen LogP contribution in [0.1, 0.15) is 26.4 Å². The predicted molar refractivity (Wildman–Crippen MR) is 84.2 cm³/mol. The van der Waals surface area contributed by atoms with E-state index >= 15 is 0 Å². The van der Waals surface area contributed by atoms with Crippen molar-refractivity contribution in [2.45, 2.75) is 18.2 Å². The van der Waals surface area contributed by atoms with E-state index in [0.29, 0.717) is 4.83 Å². The summed E-state index contributed by atoms with van der Waals surface area (Å²) < 4.78 is 2.28. The van der Waals surface area contributed by atoms with Crippen LogP contribution < -0.4 is 0 Å². The number of rotatable bonds is 3. The molecule has 1 unspecified atom stereocenters.